The van der Waals surface area contributed by atoms with Crippen LogP contribution in [-0.2, 0) is 6.42 Å². The molecule has 0 bridgehead atoms. The highest BCUT2D eigenvalue weighted by Crippen LogP contribution is 2.26. The molecular weight excluding hydrogens is 216 g/mol. The summed E-state index contributed by atoms with van der Waals surface area (Å²) in [7, 11) is 0. The fourth-order valence-corrected chi connectivity index (χ4v) is 1.50. The number of nitrogen functional groups attached to an aromatic ring is 1. The van der Waals surface area contributed by atoms with Crippen molar-refractivity contribution in [1.29, 1.82) is 0 Å². The third-order valence-electron chi connectivity index (χ3n) is 2.17. The van der Waals surface area contributed by atoms with E-state index < -0.39 is 0 Å². The van der Waals surface area contributed by atoms with E-state index in [0.29, 0.717) is 29.9 Å². The van der Waals surface area contributed by atoms with Gasteiger partial charge in [-0.15, -0.1) is 0 Å². The number of hydrogen-bond acceptors (Lipinski definition) is 5. The van der Waals surface area contributed by atoms with Gasteiger partial charge in [0.2, 0.25) is 5.88 Å². The lowest BCUT2D eigenvalue weighted by Crippen LogP contribution is -2.11. The van der Waals surface area contributed by atoms with E-state index in [0.717, 1.165) is 18.8 Å². The van der Waals surface area contributed by atoms with Crippen LogP contribution in [0.15, 0.2) is 0 Å². The first-order valence-corrected chi connectivity index (χ1v) is 6.11. The number of rotatable bonds is 6. The third-order valence-corrected chi connectivity index (χ3v) is 2.17. The summed E-state index contributed by atoms with van der Waals surface area (Å²) in [6.07, 6.45) is 0.818. The third kappa shape index (κ3) is 3.76. The highest BCUT2D eigenvalue weighted by molar-refractivity contribution is 5.66. The van der Waals surface area contributed by atoms with Crippen LogP contribution in [0.5, 0.6) is 5.88 Å². The Hall–Kier alpha value is -1.52. The number of nitrogens with one attached hydrogen (secondary N) is 1. The number of aromatic nitrogens is 2. The van der Waals surface area contributed by atoms with Crippen LogP contribution in [0.4, 0.5) is 11.5 Å². The summed E-state index contributed by atoms with van der Waals surface area (Å²) in [6.45, 7) is 9.50. The Morgan fingerprint density at radius 3 is 2.53 bits per heavy atom. The summed E-state index contributed by atoms with van der Waals surface area (Å²) in [5, 5.41) is 3.13. The van der Waals surface area contributed by atoms with E-state index in [1.165, 1.54) is 0 Å². The predicted octanol–water partition coefficient (Wildman–Crippen LogP) is 2.09. The molecule has 0 atom stereocenters. The van der Waals surface area contributed by atoms with Gasteiger partial charge in [0.1, 0.15) is 11.5 Å². The van der Waals surface area contributed by atoms with Gasteiger partial charge < -0.3 is 15.8 Å². The molecule has 0 fully saturated rings. The molecule has 0 aliphatic rings. The van der Waals surface area contributed by atoms with E-state index in [-0.39, 0.29) is 0 Å². The molecule has 0 aliphatic carbocycles. The van der Waals surface area contributed by atoms with Crippen LogP contribution in [0.2, 0.25) is 0 Å². The lowest BCUT2D eigenvalue weighted by atomic mass is 10.1. The smallest absolute Gasteiger partial charge is 0.242 e. The molecule has 0 aliphatic heterocycles. The maximum absolute atomic E-state index is 5.94. The number of nitrogens with two attached hydrogens (primary N) is 1. The second-order valence-electron chi connectivity index (χ2n) is 4.27. The molecule has 0 spiro atoms. The molecule has 0 radical (unpaired) electrons. The largest absolute Gasteiger partial charge is 0.476 e. The van der Waals surface area contributed by atoms with E-state index in [1.807, 2.05) is 13.8 Å². The van der Waals surface area contributed by atoms with E-state index in [1.54, 1.807) is 0 Å². The van der Waals surface area contributed by atoms with Crippen LogP contribution in [0.1, 0.15) is 33.5 Å². The monoisotopic (exact) mass is 238 g/mol. The first-order chi connectivity index (χ1) is 8.08. The number of ether oxygens (including phenoxy) is 1. The Morgan fingerprint density at radius 2 is 2.00 bits per heavy atom. The molecule has 5 nitrogen and oxygen atoms in total. The normalized spacial score (nSPS) is 10.6. The quantitative estimate of drug-likeness (QED) is 0.794. The average Bonchev–Trinajstić information content (AvgIpc) is 2.24. The van der Waals surface area contributed by atoms with Gasteiger partial charge in [0, 0.05) is 13.0 Å². The van der Waals surface area contributed by atoms with Crippen LogP contribution in [0, 0.1) is 5.92 Å². The minimum atomic E-state index is 0.481. The van der Waals surface area contributed by atoms with Crippen LogP contribution >= 0.6 is 0 Å². The number of nitrogens with zero attached hydrogens (tertiary/aromatic N) is 2. The summed E-state index contributed by atoms with van der Waals surface area (Å²) in [4.78, 5) is 8.76. The molecule has 0 saturated carbocycles. The van der Waals surface area contributed by atoms with Gasteiger partial charge in [0.15, 0.2) is 5.82 Å². The molecular formula is C12H22N4O. The van der Waals surface area contributed by atoms with Gasteiger partial charge in [-0.1, -0.05) is 13.8 Å². The van der Waals surface area contributed by atoms with E-state index >= 15 is 0 Å². The summed E-state index contributed by atoms with van der Waals surface area (Å²) >= 11 is 0. The maximum atomic E-state index is 5.94. The van der Waals surface area contributed by atoms with Gasteiger partial charge in [-0.05, 0) is 19.8 Å². The SMILES string of the molecule is CCNc1nc(CC(C)C)nc(OCC)c1N. The number of anilines is 2. The first kappa shape index (κ1) is 13.5. The molecule has 1 aromatic rings. The molecule has 1 rings (SSSR count). The van der Waals surface area contributed by atoms with Crippen molar-refractivity contribution < 1.29 is 4.74 Å². The number of hydrogen-bond donors (Lipinski definition) is 2. The van der Waals surface area contributed by atoms with E-state index in [9.17, 15) is 0 Å². The van der Waals surface area contributed by atoms with Crippen LogP contribution in [0.3, 0.4) is 0 Å². The Bertz CT molecular complexity index is 339. The maximum Gasteiger partial charge on any atom is 0.242 e. The minimum Gasteiger partial charge on any atom is -0.476 e. The topological polar surface area (TPSA) is 73.1 Å². The first-order valence-electron chi connectivity index (χ1n) is 6.11. The van der Waals surface area contributed by atoms with Crippen molar-refractivity contribution >= 4 is 11.5 Å². The van der Waals surface area contributed by atoms with E-state index in [2.05, 4.69) is 29.1 Å². The van der Waals surface area contributed by atoms with Gasteiger partial charge in [0.25, 0.3) is 0 Å². The Morgan fingerprint density at radius 1 is 1.29 bits per heavy atom. The highest BCUT2D eigenvalue weighted by atomic mass is 16.5. The van der Waals surface area contributed by atoms with E-state index in [4.69, 9.17) is 10.5 Å². The molecule has 0 saturated heterocycles. The lowest BCUT2D eigenvalue weighted by molar-refractivity contribution is 0.326. The highest BCUT2D eigenvalue weighted by Gasteiger charge is 2.13. The summed E-state index contributed by atoms with van der Waals surface area (Å²) in [5.41, 5.74) is 6.43. The molecule has 0 aromatic carbocycles. The lowest BCUT2D eigenvalue weighted by Gasteiger charge is -2.13. The fraction of sp³-hybridized carbons (Fsp3) is 0.667. The summed E-state index contributed by atoms with van der Waals surface area (Å²) in [5.74, 6) is 2.42. The zero-order chi connectivity index (χ0) is 12.8. The predicted molar refractivity (Wildman–Crippen MR) is 70.3 cm³/mol. The molecule has 5 heteroatoms. The Kier molecular flexibility index (Phi) is 5.00. The standard InChI is InChI=1S/C12H22N4O/c1-5-14-11-10(13)12(17-6-2)16-9(15-11)7-8(3)4/h8H,5-7,13H2,1-4H3,(H,14,15,16). The molecule has 17 heavy (non-hydrogen) atoms. The van der Waals surface area contributed by atoms with Crippen molar-refractivity contribution in [3.63, 3.8) is 0 Å². The minimum absolute atomic E-state index is 0.481. The van der Waals surface area contributed by atoms with Gasteiger partial charge in [0.05, 0.1) is 6.61 Å². The van der Waals surface area contributed by atoms with Crippen molar-refractivity contribution in [2.45, 2.75) is 34.1 Å². The van der Waals surface area contributed by atoms with Crippen LogP contribution in [-0.4, -0.2) is 23.1 Å². The molecule has 1 aromatic heterocycles. The fourth-order valence-electron chi connectivity index (χ4n) is 1.50. The summed E-state index contributed by atoms with van der Waals surface area (Å²) < 4.78 is 5.43. The van der Waals surface area contributed by atoms with Crippen molar-refractivity contribution in [2.75, 3.05) is 24.2 Å². The van der Waals surface area contributed by atoms with Crippen molar-refractivity contribution in [1.82, 2.24) is 9.97 Å². The second-order valence-corrected chi connectivity index (χ2v) is 4.27. The average molecular weight is 238 g/mol. The van der Waals surface area contributed by atoms with Crippen molar-refractivity contribution in [3.05, 3.63) is 5.82 Å². The molecule has 0 unspecified atom stereocenters. The Labute approximate surface area is 103 Å². The molecule has 1 heterocycles. The Balaban J connectivity index is 3.06. The zero-order valence-electron chi connectivity index (χ0n) is 11.1. The van der Waals surface area contributed by atoms with Crippen LogP contribution < -0.4 is 15.8 Å². The van der Waals surface area contributed by atoms with Crippen molar-refractivity contribution in [3.8, 4) is 5.88 Å². The van der Waals surface area contributed by atoms with Crippen molar-refractivity contribution in [2.24, 2.45) is 5.92 Å². The molecule has 96 valence electrons. The van der Waals surface area contributed by atoms with Gasteiger partial charge in [-0.2, -0.15) is 4.98 Å². The van der Waals surface area contributed by atoms with Gasteiger partial charge in [-0.3, -0.25) is 0 Å². The second kappa shape index (κ2) is 6.27. The zero-order valence-corrected chi connectivity index (χ0v) is 11.1. The van der Waals surface area contributed by atoms with Gasteiger partial charge in [-0.25, -0.2) is 4.98 Å². The summed E-state index contributed by atoms with van der Waals surface area (Å²) in [6, 6.07) is 0. The van der Waals surface area contributed by atoms with Crippen LogP contribution in [0.25, 0.3) is 0 Å². The van der Waals surface area contributed by atoms with Gasteiger partial charge >= 0.3 is 0 Å². The molecule has 3 N–H and O–H groups in total. The molecule has 0 amide bonds.